The summed E-state index contributed by atoms with van der Waals surface area (Å²) < 4.78 is 8.56. The maximum Gasteiger partial charge on any atom is 0.170 e. The molecule has 2 aromatic rings. The summed E-state index contributed by atoms with van der Waals surface area (Å²) in [5, 5.41) is 11.3. The second-order valence-electron chi connectivity index (χ2n) is 6.02. The number of hydrogen-bond acceptors (Lipinski definition) is 4. The first-order valence-electron chi connectivity index (χ1n) is 6.84. The Morgan fingerprint density at radius 2 is 2.10 bits per heavy atom. The summed E-state index contributed by atoms with van der Waals surface area (Å²) in [5.74, 6) is 1.60. The van der Waals surface area contributed by atoms with Crippen molar-refractivity contribution in [1.29, 1.82) is 0 Å². The maximum atomic E-state index is 5.77. The van der Waals surface area contributed by atoms with Crippen LogP contribution in [0.15, 0.2) is 29.0 Å². The van der Waals surface area contributed by atoms with Gasteiger partial charge in [-0.3, -0.25) is 0 Å². The first kappa shape index (κ1) is 16.0. The van der Waals surface area contributed by atoms with Crippen LogP contribution in [-0.2, 0) is 20.2 Å². The highest BCUT2D eigenvalue weighted by Gasteiger charge is 2.10. The Balaban J connectivity index is 1.97. The molecule has 0 spiro atoms. The van der Waals surface area contributed by atoms with Gasteiger partial charge in [0.15, 0.2) is 5.82 Å². The largest absolute Gasteiger partial charge is 0.484 e. The predicted molar refractivity (Wildman–Crippen MR) is 86.1 cm³/mol. The third-order valence-electron chi connectivity index (χ3n) is 2.98. The van der Waals surface area contributed by atoms with Crippen molar-refractivity contribution < 1.29 is 4.74 Å². The van der Waals surface area contributed by atoms with E-state index in [0.717, 1.165) is 22.6 Å². The fourth-order valence-corrected chi connectivity index (χ4v) is 2.26. The van der Waals surface area contributed by atoms with Gasteiger partial charge in [0.05, 0.1) is 4.47 Å². The monoisotopic (exact) mass is 352 g/mol. The van der Waals surface area contributed by atoms with Gasteiger partial charge < -0.3 is 14.6 Å². The highest BCUT2D eigenvalue weighted by atomic mass is 79.9. The van der Waals surface area contributed by atoms with Gasteiger partial charge in [-0.05, 0) is 54.4 Å². The molecule has 1 N–H and O–H groups in total. The highest BCUT2D eigenvalue weighted by Crippen LogP contribution is 2.26. The molecule has 0 aliphatic rings. The number of rotatable bonds is 5. The average Bonchev–Trinajstić information content (AvgIpc) is 2.80. The molecule has 1 aromatic heterocycles. The Morgan fingerprint density at radius 3 is 2.67 bits per heavy atom. The molecule has 0 bridgehead atoms. The zero-order chi connectivity index (χ0) is 15.5. The topological polar surface area (TPSA) is 52.0 Å². The van der Waals surface area contributed by atoms with Crippen molar-refractivity contribution in [1.82, 2.24) is 20.1 Å². The highest BCUT2D eigenvalue weighted by molar-refractivity contribution is 9.10. The molecule has 0 saturated carbocycles. The van der Waals surface area contributed by atoms with Crippen LogP contribution in [0.1, 0.15) is 32.2 Å². The molecule has 1 heterocycles. The van der Waals surface area contributed by atoms with Crippen molar-refractivity contribution in [2.24, 2.45) is 7.05 Å². The van der Waals surface area contributed by atoms with Crippen molar-refractivity contribution in [3.05, 3.63) is 40.4 Å². The van der Waals surface area contributed by atoms with E-state index in [0.29, 0.717) is 6.61 Å². The zero-order valence-corrected chi connectivity index (χ0v) is 14.4. The SMILES string of the molecule is Cn1cnnc1COc1ccc(CNC(C)(C)C)cc1Br. The van der Waals surface area contributed by atoms with Crippen LogP contribution in [0.4, 0.5) is 0 Å². The molecule has 0 aliphatic heterocycles. The fraction of sp³-hybridized carbons (Fsp3) is 0.467. The summed E-state index contributed by atoms with van der Waals surface area (Å²) in [7, 11) is 1.90. The molecule has 114 valence electrons. The van der Waals surface area contributed by atoms with Crippen LogP contribution in [0, 0.1) is 0 Å². The third kappa shape index (κ3) is 4.82. The summed E-state index contributed by atoms with van der Waals surface area (Å²) >= 11 is 3.55. The van der Waals surface area contributed by atoms with Gasteiger partial charge in [-0.25, -0.2) is 0 Å². The first-order chi connectivity index (χ1) is 9.85. The van der Waals surface area contributed by atoms with Crippen LogP contribution in [0.5, 0.6) is 5.75 Å². The van der Waals surface area contributed by atoms with Gasteiger partial charge in [0.1, 0.15) is 18.7 Å². The Hall–Kier alpha value is -1.40. The molecule has 21 heavy (non-hydrogen) atoms. The molecule has 0 unspecified atom stereocenters. The van der Waals surface area contributed by atoms with Gasteiger partial charge >= 0.3 is 0 Å². The minimum atomic E-state index is 0.104. The van der Waals surface area contributed by atoms with E-state index >= 15 is 0 Å². The molecule has 0 fully saturated rings. The summed E-state index contributed by atoms with van der Waals surface area (Å²) in [6, 6.07) is 6.11. The number of aryl methyl sites for hydroxylation is 1. The number of aromatic nitrogens is 3. The van der Waals surface area contributed by atoms with Crippen LogP contribution in [-0.4, -0.2) is 20.3 Å². The van der Waals surface area contributed by atoms with Crippen LogP contribution < -0.4 is 10.1 Å². The van der Waals surface area contributed by atoms with E-state index < -0.39 is 0 Å². The molecule has 1 aromatic carbocycles. The van der Waals surface area contributed by atoms with Crippen molar-refractivity contribution in [3.63, 3.8) is 0 Å². The Bertz CT molecular complexity index is 604. The summed E-state index contributed by atoms with van der Waals surface area (Å²) in [6.07, 6.45) is 1.66. The standard InChI is InChI=1S/C15H21BrN4O/c1-15(2,3)17-8-11-5-6-13(12(16)7-11)21-9-14-19-18-10-20(14)4/h5-7,10,17H,8-9H2,1-4H3. The van der Waals surface area contributed by atoms with E-state index in [9.17, 15) is 0 Å². The van der Waals surface area contributed by atoms with Gasteiger partial charge in [-0.1, -0.05) is 6.07 Å². The van der Waals surface area contributed by atoms with Crippen LogP contribution in [0.2, 0.25) is 0 Å². The number of hydrogen-bond donors (Lipinski definition) is 1. The molecule has 0 atom stereocenters. The van der Waals surface area contributed by atoms with E-state index in [1.165, 1.54) is 5.56 Å². The van der Waals surface area contributed by atoms with Crippen LogP contribution in [0.3, 0.4) is 0 Å². The normalized spacial score (nSPS) is 11.7. The third-order valence-corrected chi connectivity index (χ3v) is 3.60. The Kier molecular flexibility index (Phi) is 5.00. The van der Waals surface area contributed by atoms with Gasteiger partial charge in [0.25, 0.3) is 0 Å². The summed E-state index contributed by atoms with van der Waals surface area (Å²) in [5.41, 5.74) is 1.31. The Morgan fingerprint density at radius 1 is 1.33 bits per heavy atom. The molecule has 0 radical (unpaired) electrons. The van der Waals surface area contributed by atoms with Gasteiger partial charge in [0.2, 0.25) is 0 Å². The predicted octanol–water partition coefficient (Wildman–Crippen LogP) is 3.04. The number of ether oxygens (including phenoxy) is 1. The first-order valence-corrected chi connectivity index (χ1v) is 7.63. The maximum absolute atomic E-state index is 5.77. The smallest absolute Gasteiger partial charge is 0.170 e. The lowest BCUT2D eigenvalue weighted by Gasteiger charge is -2.20. The number of nitrogens with zero attached hydrogens (tertiary/aromatic N) is 3. The minimum absolute atomic E-state index is 0.104. The number of halogens is 1. The summed E-state index contributed by atoms with van der Waals surface area (Å²) in [4.78, 5) is 0. The van der Waals surface area contributed by atoms with E-state index in [1.54, 1.807) is 6.33 Å². The molecule has 6 heteroatoms. The zero-order valence-electron chi connectivity index (χ0n) is 12.9. The molecular weight excluding hydrogens is 332 g/mol. The van der Waals surface area contributed by atoms with Crippen molar-refractivity contribution in [3.8, 4) is 5.75 Å². The van der Waals surface area contributed by atoms with E-state index in [2.05, 4.69) is 64.3 Å². The lowest BCUT2D eigenvalue weighted by Crippen LogP contribution is -2.35. The number of benzene rings is 1. The molecule has 0 aliphatic carbocycles. The average molecular weight is 353 g/mol. The molecule has 5 nitrogen and oxygen atoms in total. The lowest BCUT2D eigenvalue weighted by atomic mass is 10.1. The van der Waals surface area contributed by atoms with Crippen molar-refractivity contribution in [2.45, 2.75) is 39.5 Å². The van der Waals surface area contributed by atoms with Gasteiger partial charge in [-0.15, -0.1) is 10.2 Å². The van der Waals surface area contributed by atoms with Gasteiger partial charge in [-0.2, -0.15) is 0 Å². The Labute approximate surface area is 133 Å². The fourth-order valence-electron chi connectivity index (χ4n) is 1.72. The van der Waals surface area contributed by atoms with E-state index in [-0.39, 0.29) is 5.54 Å². The summed E-state index contributed by atoms with van der Waals surface area (Å²) in [6.45, 7) is 7.68. The quantitative estimate of drug-likeness (QED) is 0.898. The minimum Gasteiger partial charge on any atom is -0.484 e. The molecule has 2 rings (SSSR count). The van der Waals surface area contributed by atoms with Crippen molar-refractivity contribution in [2.75, 3.05) is 0 Å². The van der Waals surface area contributed by atoms with Gasteiger partial charge in [0, 0.05) is 19.1 Å². The lowest BCUT2D eigenvalue weighted by molar-refractivity contribution is 0.289. The van der Waals surface area contributed by atoms with Crippen molar-refractivity contribution >= 4 is 15.9 Å². The van der Waals surface area contributed by atoms with E-state index in [4.69, 9.17) is 4.74 Å². The van der Waals surface area contributed by atoms with E-state index in [1.807, 2.05) is 17.7 Å². The molecular formula is C15H21BrN4O. The number of nitrogens with one attached hydrogen (secondary N) is 1. The second kappa shape index (κ2) is 6.58. The molecule has 0 saturated heterocycles. The van der Waals surface area contributed by atoms with Crippen LogP contribution in [0.25, 0.3) is 0 Å². The van der Waals surface area contributed by atoms with Crippen LogP contribution >= 0.6 is 15.9 Å². The second-order valence-corrected chi connectivity index (χ2v) is 6.87. The molecule has 0 amide bonds.